The molecule has 0 spiro atoms. The molecule has 116 valence electrons. The van der Waals surface area contributed by atoms with E-state index in [0.29, 0.717) is 11.6 Å². The van der Waals surface area contributed by atoms with Crippen LogP contribution in [-0.2, 0) is 0 Å². The number of hydrogen-bond donors (Lipinski definition) is 2. The van der Waals surface area contributed by atoms with Crippen molar-refractivity contribution in [3.05, 3.63) is 30.2 Å². The molecule has 1 saturated carbocycles. The summed E-state index contributed by atoms with van der Waals surface area (Å²) in [6.45, 7) is 2.26. The third-order valence-corrected chi connectivity index (χ3v) is 3.51. The number of carbonyl (C=O) groups excluding carboxylic acids is 1. The molecule has 0 unspecified atom stereocenters. The zero-order valence-electron chi connectivity index (χ0n) is 12.1. The summed E-state index contributed by atoms with van der Waals surface area (Å²) in [5.74, 6) is 1.97. The van der Waals surface area contributed by atoms with Crippen LogP contribution in [0.3, 0.4) is 0 Å². The quantitative estimate of drug-likeness (QED) is 0.663. The molecule has 2 amide bonds. The van der Waals surface area contributed by atoms with Crippen molar-refractivity contribution >= 4 is 30.3 Å². The minimum atomic E-state index is -0.600. The maximum Gasteiger partial charge on any atom is 0.317 e. The monoisotopic (exact) mass is 311 g/mol. The highest BCUT2D eigenvalue weighted by Crippen LogP contribution is 2.25. The molecule has 1 aromatic rings. The van der Waals surface area contributed by atoms with Crippen LogP contribution in [-0.4, -0.2) is 17.9 Å². The fourth-order valence-electron chi connectivity index (χ4n) is 2.36. The summed E-state index contributed by atoms with van der Waals surface area (Å²) >= 11 is 0. The number of halogens is 1. The smallest absolute Gasteiger partial charge is 0.317 e. The summed E-state index contributed by atoms with van der Waals surface area (Å²) in [6, 6.07) is 3.30. The van der Waals surface area contributed by atoms with Crippen LogP contribution in [0.5, 0.6) is 0 Å². The highest BCUT2D eigenvalue weighted by Gasteiger charge is 2.17. The summed E-state index contributed by atoms with van der Waals surface area (Å²) in [5.41, 5.74) is 5.18. The van der Waals surface area contributed by atoms with E-state index in [2.05, 4.69) is 17.2 Å². The predicted molar refractivity (Wildman–Crippen MR) is 86.6 cm³/mol. The fraction of sp³-hybridized carbons (Fsp3) is 0.467. The lowest BCUT2D eigenvalue weighted by molar-refractivity contribution is 0.253. The lowest BCUT2D eigenvalue weighted by Crippen LogP contribution is -2.35. The summed E-state index contributed by atoms with van der Waals surface area (Å²) in [4.78, 5) is 15.6. The fourth-order valence-corrected chi connectivity index (χ4v) is 2.36. The van der Waals surface area contributed by atoms with Gasteiger partial charge in [0.25, 0.3) is 0 Å². The van der Waals surface area contributed by atoms with Crippen molar-refractivity contribution in [2.45, 2.75) is 38.6 Å². The maximum atomic E-state index is 11.0. The summed E-state index contributed by atoms with van der Waals surface area (Å²) in [5, 5.41) is 2.56. The van der Waals surface area contributed by atoms with E-state index in [1.54, 1.807) is 24.5 Å². The van der Waals surface area contributed by atoms with E-state index in [9.17, 15) is 4.79 Å². The first-order valence-corrected chi connectivity index (χ1v) is 6.99. The first-order valence-electron chi connectivity index (χ1n) is 6.99. The van der Waals surface area contributed by atoms with Crippen LogP contribution >= 0.6 is 12.4 Å². The average Bonchev–Trinajstić information content (AvgIpc) is 2.91. The number of primary amides is 1. The van der Waals surface area contributed by atoms with Crippen LogP contribution in [0.4, 0.5) is 4.79 Å². The van der Waals surface area contributed by atoms with Crippen molar-refractivity contribution in [2.24, 2.45) is 16.6 Å². The zero-order valence-corrected chi connectivity index (χ0v) is 12.9. The number of nitrogens with one attached hydrogen (secondary N) is 1. The summed E-state index contributed by atoms with van der Waals surface area (Å²) in [7, 11) is 0. The topological polar surface area (TPSA) is 80.6 Å². The van der Waals surface area contributed by atoms with Crippen LogP contribution in [0.2, 0.25) is 0 Å². The molecular formula is C15H22ClN3O2. The number of furan rings is 1. The lowest BCUT2D eigenvalue weighted by Gasteiger charge is -2.23. The number of nitrogens with two attached hydrogens (primary N) is 1. The third-order valence-electron chi connectivity index (χ3n) is 3.51. The van der Waals surface area contributed by atoms with E-state index >= 15 is 0 Å². The van der Waals surface area contributed by atoms with E-state index in [4.69, 9.17) is 10.2 Å². The number of nitrogens with zero attached hydrogens (tertiary/aromatic N) is 1. The van der Waals surface area contributed by atoms with Gasteiger partial charge in [-0.05, 0) is 55.9 Å². The van der Waals surface area contributed by atoms with Crippen molar-refractivity contribution in [3.63, 3.8) is 0 Å². The van der Waals surface area contributed by atoms with Gasteiger partial charge in [-0.1, -0.05) is 6.92 Å². The van der Waals surface area contributed by atoms with Gasteiger partial charge in [0.05, 0.1) is 12.3 Å². The first-order chi connectivity index (χ1) is 9.63. The van der Waals surface area contributed by atoms with Gasteiger partial charge in [-0.3, -0.25) is 10.3 Å². The molecular weight excluding hydrogens is 290 g/mol. The van der Waals surface area contributed by atoms with Gasteiger partial charge in [0.2, 0.25) is 0 Å². The Morgan fingerprint density at radius 3 is 2.71 bits per heavy atom. The molecule has 2 rings (SSSR count). The van der Waals surface area contributed by atoms with Crippen LogP contribution in [0.15, 0.2) is 33.9 Å². The van der Waals surface area contributed by atoms with Crippen molar-refractivity contribution in [3.8, 4) is 0 Å². The van der Waals surface area contributed by atoms with Crippen molar-refractivity contribution < 1.29 is 9.21 Å². The molecule has 1 aliphatic rings. The Hall–Kier alpha value is -1.75. The molecule has 3 N–H and O–H groups in total. The van der Waals surface area contributed by atoms with Gasteiger partial charge in [0.15, 0.2) is 0 Å². The average molecular weight is 312 g/mol. The van der Waals surface area contributed by atoms with Crippen molar-refractivity contribution in [2.75, 3.05) is 0 Å². The molecule has 0 aliphatic heterocycles. The number of hydrogen-bond acceptors (Lipinski definition) is 3. The Labute approximate surface area is 131 Å². The first kappa shape index (κ1) is 17.3. The molecule has 1 fully saturated rings. The van der Waals surface area contributed by atoms with E-state index in [1.165, 1.54) is 12.8 Å². The molecule has 0 bridgehead atoms. The minimum Gasteiger partial charge on any atom is -0.465 e. The predicted octanol–water partition coefficient (Wildman–Crippen LogP) is 3.36. The minimum absolute atomic E-state index is 0. The number of carbonyl (C=O) groups is 1. The molecule has 1 aliphatic carbocycles. The summed E-state index contributed by atoms with van der Waals surface area (Å²) in [6.07, 6.45) is 9.56. The third kappa shape index (κ3) is 6.04. The SMILES string of the molecule is CC1CCC(N=C(/C=C/c2ccco2)NC(N)=O)CC1.Cl. The number of aliphatic imine (C=N–C) groups is 1. The molecule has 0 saturated heterocycles. The number of amidine groups is 1. The van der Waals surface area contributed by atoms with E-state index in [1.807, 2.05) is 6.07 Å². The molecule has 0 radical (unpaired) electrons. The Morgan fingerprint density at radius 2 is 2.14 bits per heavy atom. The van der Waals surface area contributed by atoms with Crippen LogP contribution in [0, 0.1) is 5.92 Å². The zero-order chi connectivity index (χ0) is 14.4. The molecule has 0 atom stereocenters. The highest BCUT2D eigenvalue weighted by molar-refractivity contribution is 6.05. The Balaban J connectivity index is 0.00000220. The number of urea groups is 1. The molecule has 6 heteroatoms. The van der Waals surface area contributed by atoms with Crippen LogP contribution in [0.25, 0.3) is 6.08 Å². The van der Waals surface area contributed by atoms with Gasteiger partial charge in [0, 0.05) is 0 Å². The number of amides is 2. The second-order valence-electron chi connectivity index (χ2n) is 5.27. The van der Waals surface area contributed by atoms with Crippen molar-refractivity contribution in [1.82, 2.24) is 5.32 Å². The van der Waals surface area contributed by atoms with E-state index in [-0.39, 0.29) is 18.4 Å². The van der Waals surface area contributed by atoms with Gasteiger partial charge < -0.3 is 10.2 Å². The van der Waals surface area contributed by atoms with E-state index in [0.717, 1.165) is 18.8 Å². The second-order valence-corrected chi connectivity index (χ2v) is 5.27. The summed E-state index contributed by atoms with van der Waals surface area (Å²) < 4.78 is 5.21. The van der Waals surface area contributed by atoms with Gasteiger partial charge in [-0.15, -0.1) is 12.4 Å². The Morgan fingerprint density at radius 1 is 1.43 bits per heavy atom. The Bertz CT molecular complexity index is 489. The molecule has 1 aromatic heterocycles. The molecule has 5 nitrogen and oxygen atoms in total. The molecule has 21 heavy (non-hydrogen) atoms. The van der Waals surface area contributed by atoms with Gasteiger partial charge in [-0.25, -0.2) is 4.79 Å². The lowest BCUT2D eigenvalue weighted by atomic mass is 9.88. The van der Waals surface area contributed by atoms with Crippen molar-refractivity contribution in [1.29, 1.82) is 0 Å². The second kappa shape index (κ2) is 8.52. The molecule has 0 aromatic carbocycles. The standard InChI is InChI=1S/C15H21N3O2.ClH/c1-11-4-6-12(7-5-11)17-14(18-15(16)19)9-8-13-3-2-10-20-13;/h2-3,8-12H,4-7H2,1H3,(H3,16,17,18,19);1H/b9-8+;. The number of rotatable bonds is 3. The van der Waals surface area contributed by atoms with Gasteiger partial charge >= 0.3 is 6.03 Å². The van der Waals surface area contributed by atoms with Gasteiger partial charge in [-0.2, -0.15) is 0 Å². The van der Waals surface area contributed by atoms with Crippen LogP contribution < -0.4 is 11.1 Å². The largest absolute Gasteiger partial charge is 0.465 e. The van der Waals surface area contributed by atoms with Crippen LogP contribution in [0.1, 0.15) is 38.4 Å². The van der Waals surface area contributed by atoms with E-state index < -0.39 is 6.03 Å². The van der Waals surface area contributed by atoms with Gasteiger partial charge in [0.1, 0.15) is 11.6 Å². The maximum absolute atomic E-state index is 11.0. The normalized spacial score (nSPS) is 22.8. The molecule has 1 heterocycles. The Kier molecular flexibility index (Phi) is 7.02. The highest BCUT2D eigenvalue weighted by atomic mass is 35.5.